The molecule has 0 unspecified atom stereocenters. The van der Waals surface area contributed by atoms with Crippen LogP contribution in [0.3, 0.4) is 0 Å². The Balaban J connectivity index is 1.56. The summed E-state index contributed by atoms with van der Waals surface area (Å²) in [5.41, 5.74) is 2.92. The van der Waals surface area contributed by atoms with Gasteiger partial charge >= 0.3 is 0 Å². The number of para-hydroxylation sites is 2. The maximum absolute atomic E-state index is 5.38. The normalized spacial score (nSPS) is 10.5. The molecule has 3 aromatic rings. The van der Waals surface area contributed by atoms with Crippen molar-refractivity contribution in [3.05, 3.63) is 48.0 Å². The molecule has 0 radical (unpaired) electrons. The van der Waals surface area contributed by atoms with E-state index in [9.17, 15) is 0 Å². The number of aromatic nitrogens is 2. The summed E-state index contributed by atoms with van der Waals surface area (Å²) in [6.07, 6.45) is 0.752. The number of thiocarbonyl (C=S) groups is 1. The number of anilines is 1. The third kappa shape index (κ3) is 4.19. The first kappa shape index (κ1) is 17.0. The molecular weight excluding hydrogens is 336 g/mol. The zero-order valence-corrected chi connectivity index (χ0v) is 14.9. The highest BCUT2D eigenvalue weighted by Gasteiger charge is 2.07. The van der Waals surface area contributed by atoms with Gasteiger partial charge in [-0.1, -0.05) is 12.1 Å². The number of H-pyrrole nitrogens is 1. The molecule has 0 atom stereocenters. The Labute approximate surface area is 151 Å². The molecule has 0 amide bonds. The highest BCUT2D eigenvalue weighted by Crippen LogP contribution is 2.24. The molecule has 130 valence electrons. The van der Waals surface area contributed by atoms with Crippen LogP contribution in [-0.2, 0) is 6.42 Å². The van der Waals surface area contributed by atoms with Crippen LogP contribution in [0.15, 0.2) is 42.5 Å². The van der Waals surface area contributed by atoms with Gasteiger partial charge in [-0.2, -0.15) is 0 Å². The summed E-state index contributed by atoms with van der Waals surface area (Å²) in [4.78, 5) is 7.62. The maximum atomic E-state index is 5.38. The molecular formula is C18H20N4O2S. The average Bonchev–Trinajstić information content (AvgIpc) is 3.03. The van der Waals surface area contributed by atoms with E-state index in [2.05, 4.69) is 20.6 Å². The third-order valence-electron chi connectivity index (χ3n) is 3.79. The maximum Gasteiger partial charge on any atom is 0.207 e. The summed E-state index contributed by atoms with van der Waals surface area (Å²) in [6, 6.07) is 13.6. The Morgan fingerprint density at radius 3 is 2.76 bits per heavy atom. The van der Waals surface area contributed by atoms with E-state index in [1.54, 1.807) is 14.2 Å². The number of benzene rings is 2. The summed E-state index contributed by atoms with van der Waals surface area (Å²) in [5.74, 6) is 2.26. The van der Waals surface area contributed by atoms with Gasteiger partial charge < -0.3 is 25.1 Å². The Morgan fingerprint density at radius 2 is 2.00 bits per heavy atom. The van der Waals surface area contributed by atoms with Gasteiger partial charge in [0.05, 0.1) is 25.3 Å². The molecule has 25 heavy (non-hydrogen) atoms. The van der Waals surface area contributed by atoms with Crippen LogP contribution in [0.5, 0.6) is 11.5 Å². The minimum absolute atomic E-state index is 0.515. The second-order valence-corrected chi connectivity index (χ2v) is 5.82. The van der Waals surface area contributed by atoms with E-state index in [0.717, 1.165) is 34.5 Å². The third-order valence-corrected chi connectivity index (χ3v) is 4.04. The monoisotopic (exact) mass is 356 g/mol. The second-order valence-electron chi connectivity index (χ2n) is 5.41. The van der Waals surface area contributed by atoms with Gasteiger partial charge in [0, 0.05) is 6.54 Å². The Morgan fingerprint density at radius 1 is 1.16 bits per heavy atom. The van der Waals surface area contributed by atoms with Crippen molar-refractivity contribution < 1.29 is 9.47 Å². The van der Waals surface area contributed by atoms with E-state index in [0.29, 0.717) is 17.6 Å². The molecule has 3 rings (SSSR count). The van der Waals surface area contributed by atoms with Crippen LogP contribution in [0.4, 0.5) is 5.95 Å². The first-order valence-corrected chi connectivity index (χ1v) is 8.31. The lowest BCUT2D eigenvalue weighted by Gasteiger charge is -2.12. The molecule has 0 aliphatic rings. The SMILES string of the molecule is COc1ccc(OC)c(CCNC(=S)Nc2nc3ccccc3[nH]2)c1. The number of nitrogens with zero attached hydrogens (tertiary/aromatic N) is 1. The van der Waals surface area contributed by atoms with Crippen LogP contribution < -0.4 is 20.1 Å². The van der Waals surface area contributed by atoms with Crippen molar-refractivity contribution in [1.29, 1.82) is 0 Å². The zero-order valence-electron chi connectivity index (χ0n) is 14.1. The molecule has 7 heteroatoms. The molecule has 0 bridgehead atoms. The summed E-state index contributed by atoms with van der Waals surface area (Å²) >= 11 is 5.33. The van der Waals surface area contributed by atoms with Crippen molar-refractivity contribution >= 4 is 34.3 Å². The van der Waals surface area contributed by atoms with Crippen LogP contribution in [0, 0.1) is 0 Å². The lowest BCUT2D eigenvalue weighted by Crippen LogP contribution is -2.30. The van der Waals surface area contributed by atoms with Gasteiger partial charge in [-0.15, -0.1) is 0 Å². The van der Waals surface area contributed by atoms with E-state index in [1.807, 2.05) is 42.5 Å². The van der Waals surface area contributed by atoms with Crippen LogP contribution in [0.1, 0.15) is 5.56 Å². The summed E-state index contributed by atoms with van der Waals surface area (Å²) < 4.78 is 10.6. The van der Waals surface area contributed by atoms with Crippen molar-refractivity contribution in [3.63, 3.8) is 0 Å². The van der Waals surface area contributed by atoms with Gasteiger partial charge in [-0.3, -0.25) is 0 Å². The van der Waals surface area contributed by atoms with Crippen LogP contribution >= 0.6 is 12.2 Å². The van der Waals surface area contributed by atoms with Crippen LogP contribution in [0.2, 0.25) is 0 Å². The highest BCUT2D eigenvalue weighted by molar-refractivity contribution is 7.80. The molecule has 0 fully saturated rings. The van der Waals surface area contributed by atoms with E-state index in [1.165, 1.54) is 0 Å². The number of nitrogens with one attached hydrogen (secondary N) is 3. The molecule has 0 saturated carbocycles. The summed E-state index contributed by atoms with van der Waals surface area (Å²) in [6.45, 7) is 0.662. The summed E-state index contributed by atoms with van der Waals surface area (Å²) in [5, 5.41) is 6.76. The van der Waals surface area contributed by atoms with Crippen molar-refractivity contribution in [2.24, 2.45) is 0 Å². The number of rotatable bonds is 6. The predicted molar refractivity (Wildman–Crippen MR) is 104 cm³/mol. The number of aromatic amines is 1. The molecule has 0 spiro atoms. The Kier molecular flexibility index (Phi) is 5.35. The fraction of sp³-hybridized carbons (Fsp3) is 0.222. The second kappa shape index (κ2) is 7.85. The quantitative estimate of drug-likeness (QED) is 0.590. The largest absolute Gasteiger partial charge is 0.497 e. The van der Waals surface area contributed by atoms with Crippen molar-refractivity contribution in [3.8, 4) is 11.5 Å². The van der Waals surface area contributed by atoms with E-state index < -0.39 is 0 Å². The minimum Gasteiger partial charge on any atom is -0.497 e. The fourth-order valence-electron chi connectivity index (χ4n) is 2.55. The fourth-order valence-corrected chi connectivity index (χ4v) is 2.75. The molecule has 6 nitrogen and oxygen atoms in total. The molecule has 1 aromatic heterocycles. The molecule has 0 aliphatic carbocycles. The molecule has 0 aliphatic heterocycles. The number of methoxy groups -OCH3 is 2. The lowest BCUT2D eigenvalue weighted by atomic mass is 10.1. The minimum atomic E-state index is 0.515. The Bertz CT molecular complexity index is 845. The predicted octanol–water partition coefficient (Wildman–Crippen LogP) is 3.11. The van der Waals surface area contributed by atoms with Gasteiger partial charge in [0.25, 0.3) is 0 Å². The standard InChI is InChI=1S/C18H20N4O2S/c1-23-13-7-8-16(24-2)12(11-13)9-10-19-18(25)22-17-20-14-5-3-4-6-15(14)21-17/h3-8,11H,9-10H2,1-2H3,(H3,19,20,21,22,25). The molecule has 3 N–H and O–H groups in total. The van der Waals surface area contributed by atoms with Gasteiger partial charge in [0.2, 0.25) is 5.95 Å². The van der Waals surface area contributed by atoms with Crippen LogP contribution in [0.25, 0.3) is 11.0 Å². The van der Waals surface area contributed by atoms with Crippen LogP contribution in [-0.4, -0.2) is 35.8 Å². The molecule has 1 heterocycles. The van der Waals surface area contributed by atoms with E-state index in [-0.39, 0.29) is 0 Å². The molecule has 0 saturated heterocycles. The number of fused-ring (bicyclic) bond motifs is 1. The zero-order chi connectivity index (χ0) is 17.6. The number of imidazole rings is 1. The lowest BCUT2D eigenvalue weighted by molar-refractivity contribution is 0.398. The van der Waals surface area contributed by atoms with Crippen molar-refractivity contribution in [1.82, 2.24) is 15.3 Å². The van der Waals surface area contributed by atoms with Gasteiger partial charge in [-0.05, 0) is 54.5 Å². The Hall–Kier alpha value is -2.80. The van der Waals surface area contributed by atoms with Crippen molar-refractivity contribution in [2.75, 3.05) is 26.1 Å². The number of hydrogen-bond donors (Lipinski definition) is 3. The number of ether oxygens (including phenoxy) is 2. The van der Waals surface area contributed by atoms with Gasteiger partial charge in [0.1, 0.15) is 11.5 Å². The first-order chi connectivity index (χ1) is 12.2. The van der Waals surface area contributed by atoms with Crippen molar-refractivity contribution in [2.45, 2.75) is 6.42 Å². The number of hydrogen-bond acceptors (Lipinski definition) is 4. The average molecular weight is 356 g/mol. The van der Waals surface area contributed by atoms with E-state index >= 15 is 0 Å². The molecule has 2 aromatic carbocycles. The van der Waals surface area contributed by atoms with Gasteiger partial charge in [0.15, 0.2) is 5.11 Å². The smallest absolute Gasteiger partial charge is 0.207 e. The van der Waals surface area contributed by atoms with E-state index in [4.69, 9.17) is 21.7 Å². The topological polar surface area (TPSA) is 71.2 Å². The summed E-state index contributed by atoms with van der Waals surface area (Å²) in [7, 11) is 3.31. The highest BCUT2D eigenvalue weighted by atomic mass is 32.1. The van der Waals surface area contributed by atoms with Gasteiger partial charge in [-0.25, -0.2) is 4.98 Å². The first-order valence-electron chi connectivity index (χ1n) is 7.90.